The third-order valence-electron chi connectivity index (χ3n) is 2.99. The molecule has 2 amide bonds. The molecule has 2 atom stereocenters. The SMILES string of the molecule is COC1CCN(C(=O)N(C)C(C)C(=O)O)C1. The van der Waals surface area contributed by atoms with Crippen molar-refractivity contribution < 1.29 is 19.4 Å². The van der Waals surface area contributed by atoms with Gasteiger partial charge in [-0.25, -0.2) is 9.59 Å². The van der Waals surface area contributed by atoms with Gasteiger partial charge in [-0.1, -0.05) is 0 Å². The molecule has 0 radical (unpaired) electrons. The zero-order valence-corrected chi connectivity index (χ0v) is 9.84. The molecule has 92 valence electrons. The minimum Gasteiger partial charge on any atom is -0.480 e. The highest BCUT2D eigenvalue weighted by Gasteiger charge is 2.31. The Hall–Kier alpha value is -1.30. The fourth-order valence-electron chi connectivity index (χ4n) is 1.65. The first kappa shape index (κ1) is 12.8. The van der Waals surface area contributed by atoms with Gasteiger partial charge in [-0.15, -0.1) is 0 Å². The predicted octanol–water partition coefficient (Wildman–Crippen LogP) is 0.232. The number of hydrogen-bond donors (Lipinski definition) is 1. The summed E-state index contributed by atoms with van der Waals surface area (Å²) in [6.07, 6.45) is 0.870. The molecule has 1 N–H and O–H groups in total. The molecule has 0 saturated carbocycles. The zero-order valence-electron chi connectivity index (χ0n) is 9.84. The number of hydrogen-bond acceptors (Lipinski definition) is 3. The molecule has 0 aromatic carbocycles. The summed E-state index contributed by atoms with van der Waals surface area (Å²) in [5, 5.41) is 8.81. The van der Waals surface area contributed by atoms with Crippen molar-refractivity contribution in [3.05, 3.63) is 0 Å². The van der Waals surface area contributed by atoms with Crippen LogP contribution in [-0.2, 0) is 9.53 Å². The van der Waals surface area contributed by atoms with Crippen LogP contribution in [0.25, 0.3) is 0 Å². The minimum atomic E-state index is -1.00. The Kier molecular flexibility index (Phi) is 4.12. The second kappa shape index (κ2) is 5.16. The molecule has 1 saturated heterocycles. The lowest BCUT2D eigenvalue weighted by molar-refractivity contribution is -0.141. The number of carbonyl (C=O) groups excluding carboxylic acids is 1. The normalized spacial score (nSPS) is 21.9. The fourth-order valence-corrected chi connectivity index (χ4v) is 1.65. The number of ether oxygens (including phenoxy) is 1. The van der Waals surface area contributed by atoms with Gasteiger partial charge in [-0.05, 0) is 13.3 Å². The second-order valence-electron chi connectivity index (χ2n) is 4.00. The summed E-state index contributed by atoms with van der Waals surface area (Å²) in [6, 6.07) is -1.07. The Morgan fingerprint density at radius 1 is 1.56 bits per heavy atom. The van der Waals surface area contributed by atoms with Crippen molar-refractivity contribution in [1.29, 1.82) is 0 Å². The second-order valence-corrected chi connectivity index (χ2v) is 4.00. The minimum absolute atomic E-state index is 0.0671. The third kappa shape index (κ3) is 2.63. The predicted molar refractivity (Wildman–Crippen MR) is 57.2 cm³/mol. The van der Waals surface area contributed by atoms with Crippen LogP contribution in [0.3, 0.4) is 0 Å². The zero-order chi connectivity index (χ0) is 12.3. The maximum Gasteiger partial charge on any atom is 0.326 e. The maximum absolute atomic E-state index is 11.9. The summed E-state index contributed by atoms with van der Waals surface area (Å²) in [4.78, 5) is 25.5. The lowest BCUT2D eigenvalue weighted by atomic mass is 10.3. The van der Waals surface area contributed by atoms with Crippen LogP contribution >= 0.6 is 0 Å². The van der Waals surface area contributed by atoms with Crippen molar-refractivity contribution in [3.63, 3.8) is 0 Å². The largest absolute Gasteiger partial charge is 0.480 e. The number of carboxylic acids is 1. The van der Waals surface area contributed by atoms with Gasteiger partial charge in [0.1, 0.15) is 6.04 Å². The molecule has 16 heavy (non-hydrogen) atoms. The number of amides is 2. The van der Waals surface area contributed by atoms with E-state index in [0.29, 0.717) is 13.1 Å². The molecule has 1 rings (SSSR count). The summed E-state index contributed by atoms with van der Waals surface area (Å²) in [6.45, 7) is 2.64. The van der Waals surface area contributed by atoms with E-state index < -0.39 is 12.0 Å². The maximum atomic E-state index is 11.9. The molecule has 0 aliphatic carbocycles. The van der Waals surface area contributed by atoms with Crippen molar-refractivity contribution in [3.8, 4) is 0 Å². The standard InChI is InChI=1S/C10H18N2O4/c1-7(9(13)14)11(2)10(15)12-5-4-8(6-12)16-3/h7-8H,4-6H2,1-3H3,(H,13,14). The van der Waals surface area contributed by atoms with E-state index >= 15 is 0 Å². The van der Waals surface area contributed by atoms with Gasteiger partial charge in [0, 0.05) is 27.2 Å². The number of nitrogens with zero attached hydrogens (tertiary/aromatic N) is 2. The molecule has 0 aromatic rings. The van der Waals surface area contributed by atoms with E-state index in [9.17, 15) is 9.59 Å². The molecule has 6 nitrogen and oxygen atoms in total. The molecule has 1 aliphatic heterocycles. The molecule has 0 spiro atoms. The monoisotopic (exact) mass is 230 g/mol. The molecule has 2 unspecified atom stereocenters. The highest BCUT2D eigenvalue weighted by Crippen LogP contribution is 2.14. The Balaban J connectivity index is 2.55. The van der Waals surface area contributed by atoms with Crippen LogP contribution in [0.5, 0.6) is 0 Å². The average Bonchev–Trinajstić information content (AvgIpc) is 2.74. The smallest absolute Gasteiger partial charge is 0.326 e. The molecule has 6 heteroatoms. The number of methoxy groups -OCH3 is 1. The lowest BCUT2D eigenvalue weighted by Gasteiger charge is -2.27. The molecule has 0 aromatic heterocycles. The molecular weight excluding hydrogens is 212 g/mol. The third-order valence-corrected chi connectivity index (χ3v) is 2.99. The van der Waals surface area contributed by atoms with E-state index in [1.165, 1.54) is 18.9 Å². The highest BCUT2D eigenvalue weighted by atomic mass is 16.5. The van der Waals surface area contributed by atoms with Crippen molar-refractivity contribution in [2.75, 3.05) is 27.2 Å². The number of aliphatic carboxylic acids is 1. The van der Waals surface area contributed by atoms with Gasteiger partial charge in [0.15, 0.2) is 0 Å². The molecule has 1 fully saturated rings. The van der Waals surface area contributed by atoms with Crippen molar-refractivity contribution in [2.45, 2.75) is 25.5 Å². The van der Waals surface area contributed by atoms with Crippen LogP contribution in [0, 0.1) is 0 Å². The first-order valence-corrected chi connectivity index (χ1v) is 5.24. The number of carbonyl (C=O) groups is 2. The van der Waals surface area contributed by atoms with Crippen molar-refractivity contribution in [1.82, 2.24) is 9.80 Å². The lowest BCUT2D eigenvalue weighted by Crippen LogP contribution is -2.47. The van der Waals surface area contributed by atoms with Crippen LogP contribution < -0.4 is 0 Å². The van der Waals surface area contributed by atoms with E-state index in [2.05, 4.69) is 0 Å². The molecule has 1 aliphatic rings. The first-order valence-electron chi connectivity index (χ1n) is 5.24. The van der Waals surface area contributed by atoms with E-state index in [4.69, 9.17) is 9.84 Å². The summed E-state index contributed by atoms with van der Waals surface area (Å²) in [5.41, 5.74) is 0. The van der Waals surface area contributed by atoms with Gasteiger partial charge < -0.3 is 19.6 Å². The quantitative estimate of drug-likeness (QED) is 0.753. The molecule has 1 heterocycles. The van der Waals surface area contributed by atoms with Crippen LogP contribution in [0.15, 0.2) is 0 Å². The topological polar surface area (TPSA) is 70.1 Å². The van der Waals surface area contributed by atoms with Crippen LogP contribution in [0.2, 0.25) is 0 Å². The molecular formula is C10H18N2O4. The van der Waals surface area contributed by atoms with Crippen molar-refractivity contribution in [2.24, 2.45) is 0 Å². The van der Waals surface area contributed by atoms with Crippen LogP contribution in [-0.4, -0.2) is 66.3 Å². The summed E-state index contributed by atoms with van der Waals surface area (Å²) in [7, 11) is 3.11. The fraction of sp³-hybridized carbons (Fsp3) is 0.800. The van der Waals surface area contributed by atoms with E-state index in [1.807, 2.05) is 0 Å². The van der Waals surface area contributed by atoms with E-state index in [-0.39, 0.29) is 12.1 Å². The van der Waals surface area contributed by atoms with Gasteiger partial charge >= 0.3 is 12.0 Å². The van der Waals surface area contributed by atoms with E-state index in [0.717, 1.165) is 6.42 Å². The number of rotatable bonds is 3. The number of likely N-dealkylation sites (N-methyl/N-ethyl adjacent to an activating group) is 1. The van der Waals surface area contributed by atoms with Crippen LogP contribution in [0.1, 0.15) is 13.3 Å². The van der Waals surface area contributed by atoms with E-state index in [1.54, 1.807) is 12.0 Å². The number of urea groups is 1. The Labute approximate surface area is 94.8 Å². The Bertz CT molecular complexity index is 282. The first-order chi connectivity index (χ1) is 7.47. The van der Waals surface area contributed by atoms with Gasteiger partial charge in [0.25, 0.3) is 0 Å². The van der Waals surface area contributed by atoms with Crippen molar-refractivity contribution >= 4 is 12.0 Å². The number of likely N-dealkylation sites (tertiary alicyclic amines) is 1. The Morgan fingerprint density at radius 2 is 2.19 bits per heavy atom. The molecule has 0 bridgehead atoms. The summed E-state index contributed by atoms with van der Waals surface area (Å²) < 4.78 is 5.15. The van der Waals surface area contributed by atoms with Gasteiger partial charge in [0.05, 0.1) is 6.10 Å². The summed E-state index contributed by atoms with van der Waals surface area (Å²) >= 11 is 0. The average molecular weight is 230 g/mol. The van der Waals surface area contributed by atoms with Gasteiger partial charge in [-0.2, -0.15) is 0 Å². The van der Waals surface area contributed by atoms with Gasteiger partial charge in [0.2, 0.25) is 0 Å². The Morgan fingerprint density at radius 3 is 2.62 bits per heavy atom. The van der Waals surface area contributed by atoms with Crippen LogP contribution in [0.4, 0.5) is 4.79 Å². The van der Waals surface area contributed by atoms with Gasteiger partial charge in [-0.3, -0.25) is 0 Å². The summed E-state index contributed by atoms with van der Waals surface area (Å²) in [5.74, 6) is -1.00. The number of carboxylic acid groups (broad SMARTS) is 1. The highest BCUT2D eigenvalue weighted by molar-refractivity contribution is 5.82.